The quantitative estimate of drug-likeness (QED) is 0.453. The van der Waals surface area contributed by atoms with E-state index in [1.54, 1.807) is 0 Å². The first kappa shape index (κ1) is 21.0. The number of carbonyl (C=O) groups is 1. The van der Waals surface area contributed by atoms with Gasteiger partial charge in [-0.3, -0.25) is 4.79 Å². The second-order valence-corrected chi connectivity index (χ2v) is 7.21. The van der Waals surface area contributed by atoms with Crippen molar-refractivity contribution in [2.45, 2.75) is 18.8 Å². The van der Waals surface area contributed by atoms with E-state index in [4.69, 9.17) is 10.8 Å². The lowest BCUT2D eigenvalue weighted by atomic mass is 10.1. The average Bonchev–Trinajstić information content (AvgIpc) is 3.34. The van der Waals surface area contributed by atoms with Crippen LogP contribution in [0.15, 0.2) is 36.5 Å². The maximum Gasteiger partial charge on any atom is 0.419 e. The van der Waals surface area contributed by atoms with Gasteiger partial charge in [-0.2, -0.15) is 13.2 Å². The molecule has 11 heteroatoms. The highest BCUT2D eigenvalue weighted by atomic mass is 32.1. The van der Waals surface area contributed by atoms with Crippen LogP contribution in [0.5, 0.6) is 0 Å². The Labute approximate surface area is 166 Å². The highest BCUT2D eigenvalue weighted by Crippen LogP contribution is 2.33. The van der Waals surface area contributed by atoms with Crippen molar-refractivity contribution >= 4 is 17.2 Å². The van der Waals surface area contributed by atoms with Crippen molar-refractivity contribution in [2.75, 3.05) is 6.54 Å². The molecule has 0 bridgehead atoms. The van der Waals surface area contributed by atoms with Crippen molar-refractivity contribution in [1.82, 2.24) is 15.3 Å². The van der Waals surface area contributed by atoms with Crippen molar-refractivity contribution in [2.24, 2.45) is 5.73 Å². The van der Waals surface area contributed by atoms with E-state index in [2.05, 4.69) is 15.3 Å². The number of hydrogen-bond donors (Lipinski definition) is 4. The van der Waals surface area contributed by atoms with E-state index in [-0.39, 0.29) is 30.1 Å². The smallest absolute Gasteiger partial charge is 0.391 e. The number of thiazole rings is 1. The summed E-state index contributed by atoms with van der Waals surface area (Å²) < 4.78 is 51.8. The fraction of sp³-hybridized carbons (Fsp3) is 0.222. The number of nitrogens with zero attached hydrogens (tertiary/aromatic N) is 1. The second kappa shape index (κ2) is 8.31. The number of halogens is 4. The van der Waals surface area contributed by atoms with Gasteiger partial charge in [0.1, 0.15) is 16.5 Å². The SMILES string of the molecule is NC[C@H](NC(=O)c1ccc(-c2ccc(C(F)(F)F)c(F)c2)[nH]1)c1ncc(CO)s1. The van der Waals surface area contributed by atoms with E-state index in [9.17, 15) is 22.4 Å². The highest BCUT2D eigenvalue weighted by molar-refractivity contribution is 7.11. The Hall–Kier alpha value is -2.76. The van der Waals surface area contributed by atoms with Crippen LogP contribution in [-0.4, -0.2) is 27.5 Å². The molecule has 0 saturated heterocycles. The number of rotatable bonds is 6. The van der Waals surface area contributed by atoms with Gasteiger partial charge in [-0.05, 0) is 24.3 Å². The van der Waals surface area contributed by atoms with E-state index in [1.165, 1.54) is 29.7 Å². The summed E-state index contributed by atoms with van der Waals surface area (Å²) in [5.41, 5.74) is 4.90. The molecule has 0 fully saturated rings. The number of H-pyrrole nitrogens is 1. The summed E-state index contributed by atoms with van der Waals surface area (Å²) in [5.74, 6) is -1.91. The Morgan fingerprint density at radius 3 is 2.66 bits per heavy atom. The topological polar surface area (TPSA) is 104 Å². The van der Waals surface area contributed by atoms with Crippen molar-refractivity contribution in [1.29, 1.82) is 0 Å². The predicted molar refractivity (Wildman–Crippen MR) is 98.5 cm³/mol. The van der Waals surface area contributed by atoms with Gasteiger partial charge in [-0.1, -0.05) is 6.07 Å². The van der Waals surface area contributed by atoms with Crippen LogP contribution in [-0.2, 0) is 12.8 Å². The number of aromatic nitrogens is 2. The third-order valence-corrected chi connectivity index (χ3v) is 5.18. The molecule has 6 nitrogen and oxygen atoms in total. The molecule has 0 radical (unpaired) electrons. The molecule has 1 amide bonds. The summed E-state index contributed by atoms with van der Waals surface area (Å²) in [6, 6.07) is 4.83. The van der Waals surface area contributed by atoms with Crippen LogP contribution in [0.2, 0.25) is 0 Å². The third kappa shape index (κ3) is 4.63. The molecule has 154 valence electrons. The van der Waals surface area contributed by atoms with Gasteiger partial charge in [-0.15, -0.1) is 11.3 Å². The number of benzene rings is 1. The van der Waals surface area contributed by atoms with Gasteiger partial charge in [-0.25, -0.2) is 9.37 Å². The Morgan fingerprint density at radius 2 is 2.07 bits per heavy atom. The lowest BCUT2D eigenvalue weighted by molar-refractivity contribution is -0.139. The van der Waals surface area contributed by atoms with Crippen LogP contribution in [0.1, 0.15) is 32.0 Å². The van der Waals surface area contributed by atoms with Crippen LogP contribution < -0.4 is 11.1 Å². The van der Waals surface area contributed by atoms with Crippen LogP contribution in [0, 0.1) is 5.82 Å². The standard InChI is InChI=1S/C18H16F4N4O2S/c19-12-5-9(1-2-11(12)18(20,21)22)13-3-4-14(25-13)16(28)26-15(6-23)17-24-7-10(8-27)29-17/h1-5,7,15,25,27H,6,8,23H2,(H,26,28)/t15-/m0/s1. The molecular weight excluding hydrogens is 412 g/mol. The average molecular weight is 428 g/mol. The van der Waals surface area contributed by atoms with Gasteiger partial charge in [0.25, 0.3) is 5.91 Å². The third-order valence-electron chi connectivity index (χ3n) is 4.08. The monoisotopic (exact) mass is 428 g/mol. The normalized spacial score (nSPS) is 12.8. The molecule has 0 spiro atoms. The number of carbonyl (C=O) groups excluding carboxylic acids is 1. The van der Waals surface area contributed by atoms with Crippen molar-refractivity contribution < 1.29 is 27.5 Å². The number of nitrogens with one attached hydrogen (secondary N) is 2. The van der Waals surface area contributed by atoms with Crippen LogP contribution in [0.4, 0.5) is 17.6 Å². The maximum atomic E-state index is 13.8. The molecule has 0 aliphatic heterocycles. The van der Waals surface area contributed by atoms with Gasteiger partial charge in [0.05, 0.1) is 23.1 Å². The molecule has 0 aliphatic rings. The number of aliphatic hydroxyl groups is 1. The number of aromatic amines is 1. The lowest BCUT2D eigenvalue weighted by Gasteiger charge is -2.13. The molecule has 1 aromatic carbocycles. The van der Waals surface area contributed by atoms with Crippen LogP contribution in [0.25, 0.3) is 11.3 Å². The summed E-state index contributed by atoms with van der Waals surface area (Å²) in [5, 5.41) is 12.3. The minimum atomic E-state index is -4.79. The zero-order chi connectivity index (χ0) is 21.2. The summed E-state index contributed by atoms with van der Waals surface area (Å²) in [7, 11) is 0. The molecular formula is C18H16F4N4O2S. The fourth-order valence-corrected chi connectivity index (χ4v) is 3.46. The van der Waals surface area contributed by atoms with Crippen LogP contribution >= 0.6 is 11.3 Å². The van der Waals surface area contributed by atoms with Crippen molar-refractivity contribution in [3.8, 4) is 11.3 Å². The van der Waals surface area contributed by atoms with Gasteiger partial charge in [0, 0.05) is 24.0 Å². The van der Waals surface area contributed by atoms with E-state index in [0.29, 0.717) is 16.0 Å². The summed E-state index contributed by atoms with van der Waals surface area (Å²) >= 11 is 1.21. The first-order valence-electron chi connectivity index (χ1n) is 8.35. The Bertz CT molecular complexity index is 1020. The van der Waals surface area contributed by atoms with Gasteiger partial charge in [0.2, 0.25) is 0 Å². The largest absolute Gasteiger partial charge is 0.419 e. The Morgan fingerprint density at radius 1 is 1.31 bits per heavy atom. The molecule has 2 aromatic heterocycles. The molecule has 1 atom stereocenters. The summed E-state index contributed by atoms with van der Waals surface area (Å²) in [4.78, 5) is 20.0. The molecule has 2 heterocycles. The summed E-state index contributed by atoms with van der Waals surface area (Å²) in [6.07, 6.45) is -3.30. The Balaban J connectivity index is 1.77. The zero-order valence-electron chi connectivity index (χ0n) is 14.8. The van der Waals surface area contributed by atoms with E-state index in [1.807, 2.05) is 0 Å². The molecule has 3 rings (SSSR count). The molecule has 0 aliphatic carbocycles. The first-order chi connectivity index (χ1) is 13.7. The van der Waals surface area contributed by atoms with Gasteiger partial charge < -0.3 is 21.1 Å². The summed E-state index contributed by atoms with van der Waals surface area (Å²) in [6.45, 7) is -0.103. The first-order valence-corrected chi connectivity index (χ1v) is 9.17. The number of amides is 1. The van der Waals surface area contributed by atoms with E-state index < -0.39 is 29.5 Å². The Kier molecular flexibility index (Phi) is 6.01. The number of hydrogen-bond acceptors (Lipinski definition) is 5. The number of alkyl halides is 3. The fourth-order valence-electron chi connectivity index (χ4n) is 2.62. The zero-order valence-corrected chi connectivity index (χ0v) is 15.6. The minimum absolute atomic E-state index is 0.0712. The predicted octanol–water partition coefficient (Wildman–Crippen LogP) is 3.22. The van der Waals surface area contributed by atoms with Gasteiger partial charge >= 0.3 is 6.18 Å². The molecule has 3 aromatic rings. The second-order valence-electron chi connectivity index (χ2n) is 6.06. The van der Waals surface area contributed by atoms with E-state index >= 15 is 0 Å². The molecule has 29 heavy (non-hydrogen) atoms. The van der Waals surface area contributed by atoms with Gasteiger partial charge in [0.15, 0.2) is 0 Å². The highest BCUT2D eigenvalue weighted by Gasteiger charge is 2.34. The van der Waals surface area contributed by atoms with Crippen molar-refractivity contribution in [3.63, 3.8) is 0 Å². The minimum Gasteiger partial charge on any atom is -0.391 e. The lowest BCUT2D eigenvalue weighted by Crippen LogP contribution is -2.33. The molecule has 5 N–H and O–H groups in total. The molecule has 0 unspecified atom stereocenters. The number of aliphatic hydroxyl groups excluding tert-OH is 1. The van der Waals surface area contributed by atoms with E-state index in [0.717, 1.165) is 12.1 Å². The van der Waals surface area contributed by atoms with Crippen molar-refractivity contribution in [3.05, 3.63) is 63.5 Å². The maximum absolute atomic E-state index is 13.8. The van der Waals surface area contributed by atoms with Crippen LogP contribution in [0.3, 0.4) is 0 Å². The molecule has 0 saturated carbocycles. The number of nitrogens with two attached hydrogens (primary N) is 1.